The van der Waals surface area contributed by atoms with Crippen LogP contribution >= 0.6 is 11.6 Å². The summed E-state index contributed by atoms with van der Waals surface area (Å²) < 4.78 is 23.4. The largest absolute Gasteiger partial charge is 0.491 e. The predicted octanol–water partition coefficient (Wildman–Crippen LogP) is 3.30. The molecule has 0 aliphatic heterocycles. The van der Waals surface area contributed by atoms with E-state index >= 15 is 0 Å². The first kappa shape index (κ1) is 14.6. The van der Waals surface area contributed by atoms with Crippen LogP contribution < -0.4 is 9.47 Å². The maximum absolute atomic E-state index is 12.7. The lowest BCUT2D eigenvalue weighted by Gasteiger charge is -2.13. The number of hydrogen-bond acceptors (Lipinski definition) is 3. The highest BCUT2D eigenvalue weighted by molar-refractivity contribution is 6.30. The van der Waals surface area contributed by atoms with Gasteiger partial charge in [0.05, 0.1) is 0 Å². The first-order valence-corrected chi connectivity index (χ1v) is 6.46. The molecule has 106 valence electrons. The maximum Gasteiger partial charge on any atom is 0.123 e. The Kier molecular flexibility index (Phi) is 5.21. The Hall–Kier alpha value is -1.78. The predicted molar refractivity (Wildman–Crippen MR) is 74.8 cm³/mol. The van der Waals surface area contributed by atoms with Gasteiger partial charge in [-0.25, -0.2) is 4.39 Å². The van der Waals surface area contributed by atoms with Gasteiger partial charge in [0, 0.05) is 5.02 Å². The lowest BCUT2D eigenvalue weighted by Crippen LogP contribution is -2.25. The van der Waals surface area contributed by atoms with E-state index in [-0.39, 0.29) is 19.0 Å². The summed E-state index contributed by atoms with van der Waals surface area (Å²) in [4.78, 5) is 0. The maximum atomic E-state index is 12.7. The molecule has 0 spiro atoms. The summed E-state index contributed by atoms with van der Waals surface area (Å²) in [5, 5.41) is 10.4. The van der Waals surface area contributed by atoms with Gasteiger partial charge in [0.15, 0.2) is 0 Å². The average molecular weight is 297 g/mol. The molecule has 0 aliphatic carbocycles. The van der Waals surface area contributed by atoms with Crippen LogP contribution in [0.3, 0.4) is 0 Å². The second kappa shape index (κ2) is 7.12. The van der Waals surface area contributed by atoms with Gasteiger partial charge in [-0.1, -0.05) is 11.6 Å². The number of ether oxygens (including phenoxy) is 2. The molecule has 3 nitrogen and oxygen atoms in total. The second-order valence-corrected chi connectivity index (χ2v) is 4.62. The van der Waals surface area contributed by atoms with Crippen LogP contribution in [0.4, 0.5) is 4.39 Å². The summed E-state index contributed by atoms with van der Waals surface area (Å²) in [7, 11) is 0. The van der Waals surface area contributed by atoms with Crippen molar-refractivity contribution in [1.82, 2.24) is 0 Å². The zero-order valence-corrected chi connectivity index (χ0v) is 11.4. The van der Waals surface area contributed by atoms with Crippen LogP contribution in [0.15, 0.2) is 48.5 Å². The summed E-state index contributed by atoms with van der Waals surface area (Å²) in [6.45, 7) is 0.169. The Balaban J connectivity index is 1.73. The fraction of sp³-hybridized carbons (Fsp3) is 0.200. The summed E-state index contributed by atoms with van der Waals surface area (Å²) in [5.74, 6) is 0.788. The highest BCUT2D eigenvalue weighted by Gasteiger charge is 2.07. The van der Waals surface area contributed by atoms with Crippen LogP contribution in [-0.2, 0) is 0 Å². The number of hydrogen-bond donors (Lipinski definition) is 1. The zero-order valence-electron chi connectivity index (χ0n) is 10.6. The lowest BCUT2D eigenvalue weighted by molar-refractivity contribution is 0.0626. The molecule has 0 saturated carbocycles. The van der Waals surface area contributed by atoms with Crippen LogP contribution in [-0.4, -0.2) is 24.4 Å². The third-order valence-corrected chi connectivity index (χ3v) is 2.76. The van der Waals surface area contributed by atoms with Crippen molar-refractivity contribution in [2.24, 2.45) is 0 Å². The van der Waals surface area contributed by atoms with Crippen LogP contribution in [0.25, 0.3) is 0 Å². The van der Waals surface area contributed by atoms with E-state index < -0.39 is 6.10 Å². The lowest BCUT2D eigenvalue weighted by atomic mass is 10.3. The van der Waals surface area contributed by atoms with E-state index in [0.29, 0.717) is 16.5 Å². The van der Waals surface area contributed by atoms with E-state index in [0.717, 1.165) is 0 Å². The Morgan fingerprint density at radius 2 is 1.35 bits per heavy atom. The van der Waals surface area contributed by atoms with Gasteiger partial charge in [0.2, 0.25) is 0 Å². The Labute approximate surface area is 121 Å². The second-order valence-electron chi connectivity index (χ2n) is 4.18. The summed E-state index contributed by atoms with van der Waals surface area (Å²) in [5.41, 5.74) is 0. The third kappa shape index (κ3) is 4.72. The van der Waals surface area contributed by atoms with Gasteiger partial charge in [-0.2, -0.15) is 0 Å². The molecule has 0 heterocycles. The Bertz CT molecular complexity index is 478. The first-order chi connectivity index (χ1) is 9.63. The minimum Gasteiger partial charge on any atom is -0.491 e. The van der Waals surface area contributed by atoms with E-state index in [9.17, 15) is 9.50 Å². The van der Waals surface area contributed by atoms with Crippen molar-refractivity contribution in [3.05, 3.63) is 59.4 Å². The number of halogens is 2. The molecule has 0 aromatic heterocycles. The molecule has 20 heavy (non-hydrogen) atoms. The number of aliphatic hydroxyl groups is 1. The molecule has 0 fully saturated rings. The van der Waals surface area contributed by atoms with Crippen molar-refractivity contribution in [3.63, 3.8) is 0 Å². The van der Waals surface area contributed by atoms with Gasteiger partial charge in [0.1, 0.15) is 36.6 Å². The molecule has 0 radical (unpaired) electrons. The molecule has 2 aromatic carbocycles. The quantitative estimate of drug-likeness (QED) is 0.889. The molecule has 0 aliphatic rings. The van der Waals surface area contributed by atoms with Gasteiger partial charge < -0.3 is 14.6 Å². The highest BCUT2D eigenvalue weighted by atomic mass is 35.5. The van der Waals surface area contributed by atoms with E-state index in [1.807, 2.05) is 0 Å². The normalized spacial score (nSPS) is 11.9. The molecule has 1 atom stereocenters. The molecule has 1 N–H and O–H groups in total. The Morgan fingerprint density at radius 3 is 1.85 bits per heavy atom. The molecule has 2 aromatic rings. The fourth-order valence-electron chi connectivity index (χ4n) is 1.49. The van der Waals surface area contributed by atoms with Gasteiger partial charge >= 0.3 is 0 Å². The standard InChI is InChI=1S/C15H14ClFO3/c16-11-1-5-14(6-2-11)19-9-13(18)10-20-15-7-3-12(17)4-8-15/h1-8,13,18H,9-10H2. The van der Waals surface area contributed by atoms with Crippen LogP contribution in [0.5, 0.6) is 11.5 Å². The van der Waals surface area contributed by atoms with Gasteiger partial charge in [0.25, 0.3) is 0 Å². The summed E-state index contributed by atoms with van der Waals surface area (Å²) in [6.07, 6.45) is -0.782. The molecule has 1 unspecified atom stereocenters. The number of benzene rings is 2. The van der Waals surface area contributed by atoms with E-state index in [4.69, 9.17) is 21.1 Å². The molecular weight excluding hydrogens is 283 g/mol. The monoisotopic (exact) mass is 296 g/mol. The zero-order chi connectivity index (χ0) is 14.4. The molecule has 0 amide bonds. The van der Waals surface area contributed by atoms with Crippen molar-refractivity contribution in [2.45, 2.75) is 6.10 Å². The van der Waals surface area contributed by atoms with Crippen LogP contribution in [0, 0.1) is 5.82 Å². The van der Waals surface area contributed by atoms with Gasteiger partial charge in [-0.3, -0.25) is 0 Å². The molecule has 0 bridgehead atoms. The van der Waals surface area contributed by atoms with E-state index in [1.54, 1.807) is 24.3 Å². The van der Waals surface area contributed by atoms with Crippen molar-refractivity contribution >= 4 is 11.6 Å². The summed E-state index contributed by atoms with van der Waals surface area (Å²) >= 11 is 5.75. The van der Waals surface area contributed by atoms with Gasteiger partial charge in [-0.15, -0.1) is 0 Å². The van der Waals surface area contributed by atoms with Gasteiger partial charge in [-0.05, 0) is 48.5 Å². The minimum atomic E-state index is -0.782. The highest BCUT2D eigenvalue weighted by Crippen LogP contribution is 2.16. The van der Waals surface area contributed by atoms with Crippen molar-refractivity contribution in [3.8, 4) is 11.5 Å². The topological polar surface area (TPSA) is 38.7 Å². The summed E-state index contributed by atoms with van der Waals surface area (Å²) in [6, 6.07) is 12.4. The minimum absolute atomic E-state index is 0.0687. The first-order valence-electron chi connectivity index (χ1n) is 6.08. The molecule has 2 rings (SSSR count). The van der Waals surface area contributed by atoms with Crippen molar-refractivity contribution in [1.29, 1.82) is 0 Å². The smallest absolute Gasteiger partial charge is 0.123 e. The molecule has 0 saturated heterocycles. The van der Waals surface area contributed by atoms with Crippen LogP contribution in [0.1, 0.15) is 0 Å². The SMILES string of the molecule is OC(COc1ccc(F)cc1)COc1ccc(Cl)cc1. The molecule has 5 heteroatoms. The molecular formula is C15H14ClFO3. The average Bonchev–Trinajstić information content (AvgIpc) is 2.46. The van der Waals surface area contributed by atoms with E-state index in [1.165, 1.54) is 24.3 Å². The fourth-order valence-corrected chi connectivity index (χ4v) is 1.62. The Morgan fingerprint density at radius 1 is 0.900 bits per heavy atom. The van der Waals surface area contributed by atoms with Crippen molar-refractivity contribution in [2.75, 3.05) is 13.2 Å². The van der Waals surface area contributed by atoms with Crippen LogP contribution in [0.2, 0.25) is 5.02 Å². The number of aliphatic hydroxyl groups excluding tert-OH is 1. The van der Waals surface area contributed by atoms with Crippen molar-refractivity contribution < 1.29 is 19.0 Å². The number of rotatable bonds is 6. The van der Waals surface area contributed by atoms with E-state index in [2.05, 4.69) is 0 Å². The third-order valence-electron chi connectivity index (χ3n) is 2.51.